The Morgan fingerprint density at radius 1 is 0.906 bits per heavy atom. The molecule has 1 unspecified atom stereocenters. The molecule has 2 saturated heterocycles. The van der Waals surface area contributed by atoms with Crippen molar-refractivity contribution in [3.63, 3.8) is 0 Å². The van der Waals surface area contributed by atoms with Crippen LogP contribution < -0.4 is 15.1 Å². The molecule has 0 aromatic heterocycles. The van der Waals surface area contributed by atoms with Gasteiger partial charge in [-0.3, -0.25) is 4.79 Å². The topological polar surface area (TPSA) is 48.0 Å². The Morgan fingerprint density at radius 2 is 1.66 bits per heavy atom. The summed E-state index contributed by atoms with van der Waals surface area (Å²) in [7, 11) is 2.18. The maximum absolute atomic E-state index is 12.9. The molecule has 0 bridgehead atoms. The smallest absolute Gasteiger partial charge is 0.253 e. The summed E-state index contributed by atoms with van der Waals surface area (Å²) >= 11 is 0. The molecule has 0 radical (unpaired) electrons. The zero-order valence-corrected chi connectivity index (χ0v) is 19.1. The van der Waals surface area contributed by atoms with Crippen LogP contribution in [0.15, 0.2) is 42.5 Å². The van der Waals surface area contributed by atoms with Crippen molar-refractivity contribution in [2.24, 2.45) is 0 Å². The summed E-state index contributed by atoms with van der Waals surface area (Å²) in [6.07, 6.45) is 4.22. The van der Waals surface area contributed by atoms with Gasteiger partial charge in [0.15, 0.2) is 0 Å². The molecule has 3 heterocycles. The van der Waals surface area contributed by atoms with Crippen molar-refractivity contribution in [2.75, 3.05) is 56.1 Å². The van der Waals surface area contributed by atoms with Crippen LogP contribution in [-0.2, 0) is 17.8 Å². The fourth-order valence-electron chi connectivity index (χ4n) is 5.07. The molecule has 32 heavy (non-hydrogen) atoms. The minimum Gasteiger partial charge on any atom is -0.372 e. The van der Waals surface area contributed by atoms with Gasteiger partial charge < -0.3 is 24.8 Å². The monoisotopic (exact) mass is 434 g/mol. The molecule has 2 aromatic carbocycles. The lowest BCUT2D eigenvalue weighted by Gasteiger charge is -2.37. The van der Waals surface area contributed by atoms with Gasteiger partial charge in [-0.05, 0) is 67.8 Å². The standard InChI is InChI=1S/C26H34N4O2/c1-28-14-16-30(17-15-28)24-7-5-6-21-19-32-25(18-23(21)24)27-26(31)20-8-10-22(11-9-20)29-12-3-2-4-13-29/h5-11,25H,2-4,12-19H2,1H3,(H,27,31). The van der Waals surface area contributed by atoms with Crippen LogP contribution in [0.4, 0.5) is 11.4 Å². The lowest BCUT2D eigenvalue weighted by atomic mass is 9.98. The predicted octanol–water partition coefficient (Wildman–Crippen LogP) is 3.26. The second-order valence-electron chi connectivity index (χ2n) is 9.28. The van der Waals surface area contributed by atoms with E-state index in [4.69, 9.17) is 4.74 Å². The average Bonchev–Trinajstić information content (AvgIpc) is 2.85. The summed E-state index contributed by atoms with van der Waals surface area (Å²) in [6, 6.07) is 14.5. The van der Waals surface area contributed by atoms with E-state index < -0.39 is 0 Å². The summed E-state index contributed by atoms with van der Waals surface area (Å²) < 4.78 is 6.01. The summed E-state index contributed by atoms with van der Waals surface area (Å²) in [5, 5.41) is 3.11. The summed E-state index contributed by atoms with van der Waals surface area (Å²) in [5.41, 5.74) is 5.74. The van der Waals surface area contributed by atoms with E-state index in [2.05, 4.69) is 57.4 Å². The molecule has 2 aromatic rings. The van der Waals surface area contributed by atoms with Gasteiger partial charge in [-0.25, -0.2) is 0 Å². The van der Waals surface area contributed by atoms with Gasteiger partial charge >= 0.3 is 0 Å². The second kappa shape index (κ2) is 9.51. The molecule has 0 aliphatic carbocycles. The summed E-state index contributed by atoms with van der Waals surface area (Å²) in [6.45, 7) is 6.98. The Morgan fingerprint density at radius 3 is 2.41 bits per heavy atom. The van der Waals surface area contributed by atoms with E-state index >= 15 is 0 Å². The number of carbonyl (C=O) groups excluding carboxylic acids is 1. The van der Waals surface area contributed by atoms with E-state index in [0.717, 1.165) is 39.3 Å². The van der Waals surface area contributed by atoms with Crippen LogP contribution in [0.2, 0.25) is 0 Å². The first-order chi connectivity index (χ1) is 15.7. The number of nitrogens with one attached hydrogen (secondary N) is 1. The summed E-state index contributed by atoms with van der Waals surface area (Å²) in [4.78, 5) is 20.2. The molecule has 3 aliphatic heterocycles. The molecule has 3 aliphatic rings. The maximum atomic E-state index is 12.9. The van der Waals surface area contributed by atoms with Crippen molar-refractivity contribution in [1.82, 2.24) is 10.2 Å². The molecule has 0 saturated carbocycles. The Bertz CT molecular complexity index is 931. The highest BCUT2D eigenvalue weighted by Crippen LogP contribution is 2.30. The van der Waals surface area contributed by atoms with Crippen LogP contribution in [-0.4, -0.2) is 63.4 Å². The molecule has 5 rings (SSSR count). The minimum absolute atomic E-state index is 0.0688. The minimum atomic E-state index is -0.301. The number of piperazine rings is 1. The Balaban J connectivity index is 1.24. The normalized spacial score (nSPS) is 21.8. The lowest BCUT2D eigenvalue weighted by molar-refractivity contribution is 0.00787. The van der Waals surface area contributed by atoms with E-state index in [9.17, 15) is 4.79 Å². The fourth-order valence-corrected chi connectivity index (χ4v) is 5.07. The van der Waals surface area contributed by atoms with Gasteiger partial charge in [0.2, 0.25) is 0 Å². The number of hydrogen-bond donors (Lipinski definition) is 1. The number of benzene rings is 2. The molecular formula is C26H34N4O2. The number of hydrogen-bond acceptors (Lipinski definition) is 5. The van der Waals surface area contributed by atoms with Crippen molar-refractivity contribution < 1.29 is 9.53 Å². The van der Waals surface area contributed by atoms with Crippen molar-refractivity contribution in [3.05, 3.63) is 59.2 Å². The Kier molecular flexibility index (Phi) is 6.32. The number of nitrogens with zero attached hydrogens (tertiary/aromatic N) is 3. The molecule has 1 N–H and O–H groups in total. The third-order valence-electron chi connectivity index (χ3n) is 7.06. The lowest BCUT2D eigenvalue weighted by Crippen LogP contribution is -2.46. The number of anilines is 2. The first-order valence-electron chi connectivity index (χ1n) is 12.0. The third kappa shape index (κ3) is 4.62. The molecule has 1 amide bonds. The number of rotatable bonds is 4. The number of carbonyl (C=O) groups is 1. The van der Waals surface area contributed by atoms with Crippen molar-refractivity contribution >= 4 is 17.3 Å². The average molecular weight is 435 g/mol. The van der Waals surface area contributed by atoms with Gasteiger partial charge in [0.05, 0.1) is 6.61 Å². The van der Waals surface area contributed by atoms with Gasteiger partial charge in [-0.15, -0.1) is 0 Å². The first kappa shape index (κ1) is 21.3. The van der Waals surface area contributed by atoms with Crippen molar-refractivity contribution in [3.8, 4) is 0 Å². The van der Waals surface area contributed by atoms with Crippen molar-refractivity contribution in [2.45, 2.75) is 38.5 Å². The molecule has 6 heteroatoms. The van der Waals surface area contributed by atoms with E-state index in [-0.39, 0.29) is 12.1 Å². The van der Waals surface area contributed by atoms with Crippen LogP contribution in [0, 0.1) is 0 Å². The fraction of sp³-hybridized carbons (Fsp3) is 0.500. The number of piperidine rings is 1. The number of amides is 1. The second-order valence-corrected chi connectivity index (χ2v) is 9.28. The Labute approximate surface area is 191 Å². The van der Waals surface area contributed by atoms with Crippen LogP contribution in [0.1, 0.15) is 40.7 Å². The van der Waals surface area contributed by atoms with Gasteiger partial charge in [-0.1, -0.05) is 12.1 Å². The van der Waals surface area contributed by atoms with Crippen LogP contribution in [0.25, 0.3) is 0 Å². The molecular weight excluding hydrogens is 400 g/mol. The van der Waals surface area contributed by atoms with E-state index in [1.807, 2.05) is 12.1 Å². The molecule has 6 nitrogen and oxygen atoms in total. The van der Waals surface area contributed by atoms with E-state index in [1.165, 1.54) is 41.8 Å². The van der Waals surface area contributed by atoms with E-state index in [0.29, 0.717) is 18.6 Å². The third-order valence-corrected chi connectivity index (χ3v) is 7.06. The zero-order chi connectivity index (χ0) is 21.9. The SMILES string of the molecule is CN1CCN(c2cccc3c2CC(NC(=O)c2ccc(N4CCCCC4)cc2)OC3)CC1. The van der Waals surface area contributed by atoms with Crippen molar-refractivity contribution in [1.29, 1.82) is 0 Å². The Hall–Kier alpha value is -2.57. The molecule has 0 spiro atoms. The highest BCUT2D eigenvalue weighted by molar-refractivity contribution is 5.94. The highest BCUT2D eigenvalue weighted by atomic mass is 16.5. The highest BCUT2D eigenvalue weighted by Gasteiger charge is 2.26. The molecule has 2 fully saturated rings. The van der Waals surface area contributed by atoms with Gasteiger partial charge in [-0.2, -0.15) is 0 Å². The van der Waals surface area contributed by atoms with Crippen LogP contribution in [0.3, 0.4) is 0 Å². The number of ether oxygens (including phenoxy) is 1. The predicted molar refractivity (Wildman–Crippen MR) is 128 cm³/mol. The first-order valence-corrected chi connectivity index (χ1v) is 12.0. The largest absolute Gasteiger partial charge is 0.372 e. The van der Waals surface area contributed by atoms with E-state index in [1.54, 1.807) is 0 Å². The quantitative estimate of drug-likeness (QED) is 0.801. The van der Waals surface area contributed by atoms with Gasteiger partial charge in [0, 0.05) is 62.6 Å². The molecule has 1 atom stereocenters. The zero-order valence-electron chi connectivity index (χ0n) is 19.1. The molecule has 170 valence electrons. The number of fused-ring (bicyclic) bond motifs is 1. The van der Waals surface area contributed by atoms with Gasteiger partial charge in [0.25, 0.3) is 5.91 Å². The van der Waals surface area contributed by atoms with Gasteiger partial charge in [0.1, 0.15) is 6.23 Å². The maximum Gasteiger partial charge on any atom is 0.253 e. The van der Waals surface area contributed by atoms with Crippen LogP contribution in [0.5, 0.6) is 0 Å². The van der Waals surface area contributed by atoms with Crippen LogP contribution >= 0.6 is 0 Å². The number of likely N-dealkylation sites (N-methyl/N-ethyl adjacent to an activating group) is 1. The summed E-state index contributed by atoms with van der Waals surface area (Å²) in [5.74, 6) is -0.0688.